The van der Waals surface area contributed by atoms with Gasteiger partial charge in [0.2, 0.25) is 0 Å². The summed E-state index contributed by atoms with van der Waals surface area (Å²) < 4.78 is 13.1. The van der Waals surface area contributed by atoms with Gasteiger partial charge in [0.25, 0.3) is 0 Å². The van der Waals surface area contributed by atoms with Crippen LogP contribution >= 0.6 is 11.8 Å². The number of thioether (sulfide) groups is 1. The second-order valence-corrected chi connectivity index (χ2v) is 17.7. The highest BCUT2D eigenvalue weighted by Gasteiger charge is 2.58. The SMILES string of the molecule is CC1(N(c2ccc(C3=CCC4Oc5ccccc5C4=C3)cc2)c2ccc(N3C4c5ccccc5OC4C4Sc5ccccc5C43)cc2)C=CC(c2ccccc2)=CC1. The summed E-state index contributed by atoms with van der Waals surface area (Å²) in [5.74, 6) is 2.01. The first-order valence-electron chi connectivity index (χ1n) is 20.5. The third-order valence-corrected chi connectivity index (χ3v) is 14.5. The third-order valence-electron chi connectivity index (χ3n) is 13.1. The van der Waals surface area contributed by atoms with Gasteiger partial charge >= 0.3 is 0 Å². The smallest absolute Gasteiger partial charge is 0.138 e. The van der Waals surface area contributed by atoms with E-state index in [4.69, 9.17) is 9.47 Å². The van der Waals surface area contributed by atoms with Gasteiger partial charge in [0, 0.05) is 45.1 Å². The second-order valence-electron chi connectivity index (χ2n) is 16.5. The van der Waals surface area contributed by atoms with Crippen LogP contribution in [0.1, 0.15) is 59.7 Å². The quantitative estimate of drug-likeness (QED) is 0.168. The maximum absolute atomic E-state index is 6.77. The number of hydrogen-bond donors (Lipinski definition) is 0. The fourth-order valence-corrected chi connectivity index (χ4v) is 11.8. The van der Waals surface area contributed by atoms with E-state index in [9.17, 15) is 0 Å². The van der Waals surface area contributed by atoms with E-state index in [0.29, 0.717) is 5.25 Å². The standard InChI is InChI=1S/C53H42N2O2S/c1-53(31-29-36(30-32-53)34-11-3-2-4-12-34)55(39-22-19-35(20-23-39)37-21-28-47-44(33-37)41-13-5-8-16-45(41)56-47)40-26-24-38(25-27-40)54-49-42-14-6-9-17-46(42)57-51(49)52-50(54)43-15-7-10-18-48(43)58-52/h2-27,29-31,33,47,49-52H,28,32H2,1H3. The van der Waals surface area contributed by atoms with Crippen molar-refractivity contribution in [2.45, 2.75) is 59.7 Å². The van der Waals surface area contributed by atoms with Crippen LogP contribution in [0.2, 0.25) is 0 Å². The first-order chi connectivity index (χ1) is 28.6. The fourth-order valence-electron chi connectivity index (χ4n) is 10.3. The Bertz CT molecular complexity index is 2660. The highest BCUT2D eigenvalue weighted by molar-refractivity contribution is 8.00. The zero-order valence-corrected chi connectivity index (χ0v) is 33.1. The minimum atomic E-state index is -0.297. The maximum Gasteiger partial charge on any atom is 0.138 e. The molecule has 5 heteroatoms. The molecule has 12 rings (SSSR count). The van der Waals surface area contributed by atoms with Gasteiger partial charge in [-0.15, -0.1) is 11.8 Å². The van der Waals surface area contributed by atoms with E-state index in [1.807, 2.05) is 11.8 Å². The number of ether oxygens (including phenoxy) is 2. The highest BCUT2D eigenvalue weighted by Crippen LogP contribution is 2.62. The molecule has 1 fully saturated rings. The molecule has 0 saturated carbocycles. The average Bonchev–Trinajstić information content (AvgIpc) is 4.03. The molecule has 4 nitrogen and oxygen atoms in total. The van der Waals surface area contributed by atoms with Crippen molar-refractivity contribution in [3.8, 4) is 11.5 Å². The normalized spacial score (nSPS) is 25.5. The lowest BCUT2D eigenvalue weighted by Gasteiger charge is -2.42. The zero-order valence-electron chi connectivity index (χ0n) is 32.2. The van der Waals surface area contributed by atoms with E-state index in [1.165, 1.54) is 60.8 Å². The monoisotopic (exact) mass is 770 g/mol. The fraction of sp³-hybridized carbons (Fsp3) is 0.170. The van der Waals surface area contributed by atoms with Gasteiger partial charge in [0.15, 0.2) is 0 Å². The average molecular weight is 771 g/mol. The highest BCUT2D eigenvalue weighted by atomic mass is 32.2. The summed E-state index contributed by atoms with van der Waals surface area (Å²) in [4.78, 5) is 6.56. The minimum Gasteiger partial charge on any atom is -0.486 e. The third kappa shape index (κ3) is 5.29. The maximum atomic E-state index is 6.77. The van der Waals surface area contributed by atoms with E-state index in [1.54, 1.807) is 0 Å². The molecule has 0 radical (unpaired) electrons. The van der Waals surface area contributed by atoms with Crippen molar-refractivity contribution in [2.75, 3.05) is 9.80 Å². The molecule has 6 aromatic carbocycles. The van der Waals surface area contributed by atoms with E-state index in [0.717, 1.165) is 30.0 Å². The lowest BCUT2D eigenvalue weighted by Crippen LogP contribution is -2.42. The van der Waals surface area contributed by atoms with Gasteiger partial charge < -0.3 is 19.3 Å². The molecule has 0 N–H and O–H groups in total. The first-order valence-corrected chi connectivity index (χ1v) is 21.4. The number of benzene rings is 6. The van der Waals surface area contributed by atoms with E-state index >= 15 is 0 Å². The Kier molecular flexibility index (Phi) is 7.71. The molecule has 1 saturated heterocycles. The molecule has 0 bridgehead atoms. The van der Waals surface area contributed by atoms with Crippen molar-refractivity contribution >= 4 is 45.5 Å². The molecule has 4 heterocycles. The predicted octanol–water partition coefficient (Wildman–Crippen LogP) is 12.8. The van der Waals surface area contributed by atoms with Crippen molar-refractivity contribution in [2.24, 2.45) is 0 Å². The molecule has 6 aliphatic rings. The number of allylic oxidation sites excluding steroid dienone is 4. The van der Waals surface area contributed by atoms with Crippen molar-refractivity contribution in [1.82, 2.24) is 0 Å². The number of rotatable bonds is 6. The molecule has 0 spiro atoms. The molecule has 0 amide bonds. The molecule has 6 atom stereocenters. The Morgan fingerprint density at radius 3 is 2.12 bits per heavy atom. The minimum absolute atomic E-state index is 0.0862. The molecule has 4 aliphatic heterocycles. The lowest BCUT2D eigenvalue weighted by molar-refractivity contribution is 0.229. The van der Waals surface area contributed by atoms with Crippen LogP contribution in [0.4, 0.5) is 17.1 Å². The van der Waals surface area contributed by atoms with Crippen LogP contribution in [0.5, 0.6) is 11.5 Å². The summed E-state index contributed by atoms with van der Waals surface area (Å²) >= 11 is 1.99. The summed E-state index contributed by atoms with van der Waals surface area (Å²) in [5.41, 5.74) is 13.4. The molecule has 6 aromatic rings. The van der Waals surface area contributed by atoms with Gasteiger partial charge in [0.05, 0.1) is 22.9 Å². The summed E-state index contributed by atoms with van der Waals surface area (Å²) in [6, 6.07) is 55.7. The van der Waals surface area contributed by atoms with Crippen LogP contribution in [-0.4, -0.2) is 23.0 Å². The van der Waals surface area contributed by atoms with E-state index in [2.05, 4.69) is 199 Å². The Hall–Kier alpha value is -6.17. The first kappa shape index (κ1) is 33.9. The number of fused-ring (bicyclic) bond motifs is 10. The van der Waals surface area contributed by atoms with Gasteiger partial charge in [0.1, 0.15) is 23.7 Å². The van der Waals surface area contributed by atoms with Crippen LogP contribution in [0.3, 0.4) is 0 Å². The summed E-state index contributed by atoms with van der Waals surface area (Å²) in [7, 11) is 0. The van der Waals surface area contributed by atoms with Crippen molar-refractivity contribution < 1.29 is 9.47 Å². The Morgan fingerprint density at radius 1 is 0.638 bits per heavy atom. The molecule has 2 aliphatic carbocycles. The van der Waals surface area contributed by atoms with Gasteiger partial charge in [-0.25, -0.2) is 0 Å². The van der Waals surface area contributed by atoms with Crippen LogP contribution in [-0.2, 0) is 0 Å². The van der Waals surface area contributed by atoms with E-state index in [-0.39, 0.29) is 29.8 Å². The van der Waals surface area contributed by atoms with Crippen molar-refractivity contribution in [3.63, 3.8) is 0 Å². The summed E-state index contributed by atoms with van der Waals surface area (Å²) in [6.07, 6.45) is 13.7. The van der Waals surface area contributed by atoms with Gasteiger partial charge in [-0.3, -0.25) is 0 Å². The summed E-state index contributed by atoms with van der Waals surface area (Å²) in [6.45, 7) is 2.37. The predicted molar refractivity (Wildman–Crippen MR) is 238 cm³/mol. The van der Waals surface area contributed by atoms with Crippen LogP contribution in [0.25, 0.3) is 16.7 Å². The van der Waals surface area contributed by atoms with Gasteiger partial charge in [-0.1, -0.05) is 121 Å². The van der Waals surface area contributed by atoms with Crippen molar-refractivity contribution in [3.05, 3.63) is 210 Å². The lowest BCUT2D eigenvalue weighted by atomic mass is 9.85. The largest absolute Gasteiger partial charge is 0.486 e. The van der Waals surface area contributed by atoms with Crippen LogP contribution in [0, 0.1) is 0 Å². The molecule has 58 heavy (non-hydrogen) atoms. The van der Waals surface area contributed by atoms with Crippen LogP contribution < -0.4 is 19.3 Å². The van der Waals surface area contributed by atoms with Crippen LogP contribution in [0.15, 0.2) is 187 Å². The van der Waals surface area contributed by atoms with E-state index < -0.39 is 0 Å². The molecular formula is C53H42N2O2S. The molecule has 282 valence electrons. The van der Waals surface area contributed by atoms with Crippen molar-refractivity contribution in [1.29, 1.82) is 0 Å². The Labute approximate surface area is 344 Å². The molecule has 0 aromatic heterocycles. The Morgan fingerprint density at radius 2 is 1.33 bits per heavy atom. The number of anilines is 3. The topological polar surface area (TPSA) is 24.9 Å². The Balaban J connectivity index is 0.913. The molecular weight excluding hydrogens is 729 g/mol. The number of hydrogen-bond acceptors (Lipinski definition) is 5. The second kappa shape index (κ2) is 13.2. The van der Waals surface area contributed by atoms with Gasteiger partial charge in [-0.05, 0) is 102 Å². The summed E-state index contributed by atoms with van der Waals surface area (Å²) in [5, 5.41) is 0.318. The zero-order chi connectivity index (χ0) is 38.4. The number of para-hydroxylation sites is 2. The van der Waals surface area contributed by atoms with Gasteiger partial charge in [-0.2, -0.15) is 0 Å². The number of nitrogens with zero attached hydrogens (tertiary/aromatic N) is 2. The molecule has 6 unspecified atom stereocenters.